The lowest BCUT2D eigenvalue weighted by atomic mass is 9.93. The molecule has 2 unspecified atom stereocenters. The predicted molar refractivity (Wildman–Crippen MR) is 99.0 cm³/mol. The summed E-state index contributed by atoms with van der Waals surface area (Å²) in [6, 6.07) is 15.1. The Kier molecular flexibility index (Phi) is 5.79. The van der Waals surface area contributed by atoms with Crippen LogP contribution in [-0.2, 0) is 14.8 Å². The summed E-state index contributed by atoms with van der Waals surface area (Å²) in [5, 5.41) is 8.81. The highest BCUT2D eigenvalue weighted by molar-refractivity contribution is 7.89. The van der Waals surface area contributed by atoms with Crippen LogP contribution in [-0.4, -0.2) is 36.4 Å². The Morgan fingerprint density at radius 2 is 1.81 bits per heavy atom. The number of hydrogen-bond acceptors (Lipinski definition) is 5. The highest BCUT2D eigenvalue weighted by atomic mass is 32.2. The van der Waals surface area contributed by atoms with Gasteiger partial charge in [-0.1, -0.05) is 30.3 Å². The van der Waals surface area contributed by atoms with Crippen molar-refractivity contribution in [2.45, 2.75) is 30.7 Å². The summed E-state index contributed by atoms with van der Waals surface area (Å²) in [5.74, 6) is -0.0865. The normalized spacial score (nSPS) is 20.8. The second-order valence-corrected chi connectivity index (χ2v) is 8.38. The second kappa shape index (κ2) is 8.08. The van der Waals surface area contributed by atoms with Crippen molar-refractivity contribution in [3.05, 3.63) is 54.6 Å². The average molecular weight is 390 g/mol. The van der Waals surface area contributed by atoms with Gasteiger partial charge in [0.25, 0.3) is 0 Å². The van der Waals surface area contributed by atoms with Gasteiger partial charge in [0.1, 0.15) is 16.4 Å². The zero-order chi connectivity index (χ0) is 19.4. The molecule has 2 aromatic rings. The van der Waals surface area contributed by atoms with Crippen molar-refractivity contribution in [2.24, 2.45) is 5.92 Å². The van der Waals surface area contributed by atoms with Crippen molar-refractivity contribution in [3.8, 4) is 11.5 Å². The third-order valence-corrected chi connectivity index (χ3v) is 6.76. The zero-order valence-corrected chi connectivity index (χ0v) is 15.7. The fourth-order valence-electron chi connectivity index (χ4n) is 3.33. The number of nitrogens with one attached hydrogen (secondary N) is 1. The molecule has 2 atom stereocenters. The molecule has 0 aromatic heterocycles. The molecular weight excluding hydrogens is 368 g/mol. The molecule has 0 aliphatic carbocycles. The number of nitrogens with zero attached hydrogens (tertiary/aromatic N) is 1. The first-order chi connectivity index (χ1) is 12.9. The molecule has 1 aliphatic rings. The van der Waals surface area contributed by atoms with E-state index in [1.165, 1.54) is 10.4 Å². The van der Waals surface area contributed by atoms with Crippen LogP contribution in [0.15, 0.2) is 59.5 Å². The number of carbonyl (C=O) groups excluding carboxylic acids is 1. The summed E-state index contributed by atoms with van der Waals surface area (Å²) in [4.78, 5) is 11.7. The van der Waals surface area contributed by atoms with E-state index in [0.717, 1.165) is 0 Å². The predicted octanol–water partition coefficient (Wildman–Crippen LogP) is 2.77. The van der Waals surface area contributed by atoms with Crippen LogP contribution in [0, 0.1) is 5.92 Å². The molecule has 2 aromatic carbocycles. The number of hydrogen-bond donors (Lipinski definition) is 2. The van der Waals surface area contributed by atoms with Crippen LogP contribution in [0.4, 0.5) is 0 Å². The van der Waals surface area contributed by atoms with E-state index in [0.29, 0.717) is 18.6 Å². The van der Waals surface area contributed by atoms with Gasteiger partial charge in [-0.25, -0.2) is 13.9 Å². The van der Waals surface area contributed by atoms with E-state index < -0.39 is 21.8 Å². The minimum Gasteiger partial charge on any atom is -0.456 e. The number of rotatable bonds is 5. The fourth-order valence-corrected chi connectivity index (χ4v) is 5.10. The molecule has 144 valence electrons. The third-order valence-electron chi connectivity index (χ3n) is 4.70. The largest absolute Gasteiger partial charge is 0.456 e. The van der Waals surface area contributed by atoms with Gasteiger partial charge in [-0.15, -0.1) is 0 Å². The number of amides is 1. The van der Waals surface area contributed by atoms with Crippen LogP contribution >= 0.6 is 0 Å². The van der Waals surface area contributed by atoms with E-state index in [-0.39, 0.29) is 23.2 Å². The van der Waals surface area contributed by atoms with E-state index >= 15 is 0 Å². The minimum atomic E-state index is -3.80. The van der Waals surface area contributed by atoms with Crippen molar-refractivity contribution < 1.29 is 23.2 Å². The number of para-hydroxylation sites is 2. The Morgan fingerprint density at radius 1 is 1.15 bits per heavy atom. The maximum absolute atomic E-state index is 13.3. The smallest absolute Gasteiger partial charge is 0.247 e. The molecular formula is C19H22N2O5S. The lowest BCUT2D eigenvalue weighted by Gasteiger charge is -2.36. The second-order valence-electron chi connectivity index (χ2n) is 6.52. The van der Waals surface area contributed by atoms with E-state index in [2.05, 4.69) is 0 Å². The SMILES string of the molecule is CC1CC(C(=O)NO)CCN1S(=O)(=O)c1ccccc1Oc1ccccc1. The molecule has 1 aliphatic heterocycles. The van der Waals surface area contributed by atoms with Gasteiger partial charge in [-0.05, 0) is 44.0 Å². The average Bonchev–Trinajstić information content (AvgIpc) is 2.68. The number of sulfonamides is 1. The molecule has 0 radical (unpaired) electrons. The van der Waals surface area contributed by atoms with E-state index in [1.54, 1.807) is 42.7 Å². The first-order valence-electron chi connectivity index (χ1n) is 8.71. The van der Waals surface area contributed by atoms with Crippen molar-refractivity contribution in [1.82, 2.24) is 9.79 Å². The summed E-state index contributed by atoms with van der Waals surface area (Å²) in [5.41, 5.74) is 1.65. The summed E-state index contributed by atoms with van der Waals surface area (Å²) in [6.07, 6.45) is 0.686. The molecule has 2 N–H and O–H groups in total. The Morgan fingerprint density at radius 3 is 2.48 bits per heavy atom. The monoisotopic (exact) mass is 390 g/mol. The van der Waals surface area contributed by atoms with Crippen LogP contribution in [0.5, 0.6) is 11.5 Å². The molecule has 0 bridgehead atoms. The maximum Gasteiger partial charge on any atom is 0.247 e. The van der Waals surface area contributed by atoms with Crippen molar-refractivity contribution in [1.29, 1.82) is 0 Å². The van der Waals surface area contributed by atoms with Crippen LogP contribution in [0.3, 0.4) is 0 Å². The van der Waals surface area contributed by atoms with Crippen LogP contribution in [0.1, 0.15) is 19.8 Å². The fraction of sp³-hybridized carbons (Fsp3) is 0.316. The van der Waals surface area contributed by atoms with Crippen molar-refractivity contribution in [3.63, 3.8) is 0 Å². The Bertz CT molecular complexity index is 901. The van der Waals surface area contributed by atoms with Gasteiger partial charge in [0.2, 0.25) is 15.9 Å². The summed E-state index contributed by atoms with van der Waals surface area (Å²) in [6.45, 7) is 1.95. The van der Waals surface area contributed by atoms with Crippen LogP contribution in [0.2, 0.25) is 0 Å². The molecule has 1 amide bonds. The highest BCUT2D eigenvalue weighted by Crippen LogP contribution is 2.34. The standard InChI is InChI=1S/C19H22N2O5S/c1-14-13-15(19(22)20-23)11-12-21(14)27(24,25)18-10-6-5-9-17(18)26-16-7-3-2-4-8-16/h2-10,14-15,23H,11-13H2,1H3,(H,20,22). The van der Waals surface area contributed by atoms with E-state index in [4.69, 9.17) is 9.94 Å². The molecule has 8 heteroatoms. The molecule has 1 heterocycles. The third kappa shape index (κ3) is 4.13. The van der Waals surface area contributed by atoms with E-state index in [9.17, 15) is 13.2 Å². The van der Waals surface area contributed by atoms with Gasteiger partial charge < -0.3 is 4.74 Å². The number of ether oxygens (including phenoxy) is 1. The minimum absolute atomic E-state index is 0.0887. The molecule has 27 heavy (non-hydrogen) atoms. The highest BCUT2D eigenvalue weighted by Gasteiger charge is 2.38. The lowest BCUT2D eigenvalue weighted by molar-refractivity contribution is -0.135. The van der Waals surface area contributed by atoms with Gasteiger partial charge in [-0.2, -0.15) is 4.31 Å². The van der Waals surface area contributed by atoms with Gasteiger partial charge in [0, 0.05) is 18.5 Å². The molecule has 1 fully saturated rings. The number of piperidine rings is 1. The van der Waals surface area contributed by atoms with E-state index in [1.807, 2.05) is 18.2 Å². The summed E-state index contributed by atoms with van der Waals surface area (Å²) >= 11 is 0. The topological polar surface area (TPSA) is 95.9 Å². The number of hydroxylamine groups is 1. The molecule has 1 saturated heterocycles. The lowest BCUT2D eigenvalue weighted by Crippen LogP contribution is -2.47. The molecule has 0 spiro atoms. The Balaban J connectivity index is 1.86. The first kappa shape index (κ1) is 19.3. The van der Waals surface area contributed by atoms with Crippen LogP contribution < -0.4 is 10.2 Å². The van der Waals surface area contributed by atoms with Gasteiger partial charge in [-0.3, -0.25) is 10.0 Å². The van der Waals surface area contributed by atoms with Gasteiger partial charge in [0.05, 0.1) is 0 Å². The molecule has 3 rings (SSSR count). The summed E-state index contributed by atoms with van der Waals surface area (Å²) < 4.78 is 33.7. The van der Waals surface area contributed by atoms with Gasteiger partial charge >= 0.3 is 0 Å². The molecule has 7 nitrogen and oxygen atoms in total. The van der Waals surface area contributed by atoms with Crippen molar-refractivity contribution >= 4 is 15.9 Å². The number of carbonyl (C=O) groups is 1. The Labute approximate surface area is 158 Å². The van der Waals surface area contributed by atoms with Crippen LogP contribution in [0.25, 0.3) is 0 Å². The first-order valence-corrected chi connectivity index (χ1v) is 10.1. The molecule has 0 saturated carbocycles. The van der Waals surface area contributed by atoms with Crippen molar-refractivity contribution in [2.75, 3.05) is 6.54 Å². The zero-order valence-electron chi connectivity index (χ0n) is 14.9. The van der Waals surface area contributed by atoms with Gasteiger partial charge in [0.15, 0.2) is 0 Å². The Hall–Kier alpha value is -2.42. The maximum atomic E-state index is 13.3. The number of benzene rings is 2. The quantitative estimate of drug-likeness (QED) is 0.605. The summed E-state index contributed by atoms with van der Waals surface area (Å²) in [7, 11) is -3.80.